The summed E-state index contributed by atoms with van der Waals surface area (Å²) in [6.45, 7) is 7.13. The normalized spacial score (nSPS) is 17.4. The van der Waals surface area contributed by atoms with Gasteiger partial charge in [-0.25, -0.2) is 4.98 Å². The van der Waals surface area contributed by atoms with Crippen LogP contribution < -0.4 is 10.6 Å². The molecule has 1 unspecified atom stereocenters. The molecule has 0 aliphatic carbocycles. The van der Waals surface area contributed by atoms with Crippen molar-refractivity contribution in [1.82, 2.24) is 15.6 Å². The van der Waals surface area contributed by atoms with Crippen LogP contribution in [0.2, 0.25) is 0 Å². The third kappa shape index (κ3) is 5.56. The van der Waals surface area contributed by atoms with Crippen LogP contribution in [0.4, 0.5) is 0 Å². The predicted molar refractivity (Wildman–Crippen MR) is 88.6 cm³/mol. The fraction of sp³-hybridized carbons (Fsp3) is 0.692. The van der Waals surface area contributed by atoms with E-state index in [1.165, 1.54) is 6.42 Å². The summed E-state index contributed by atoms with van der Waals surface area (Å²) in [4.78, 5) is 16.2. The largest absolute Gasteiger partial charge is 0.351 e. The Hall–Kier alpha value is -0.360. The Labute approximate surface area is 137 Å². The van der Waals surface area contributed by atoms with Gasteiger partial charge in [0.1, 0.15) is 5.69 Å². The van der Waals surface area contributed by atoms with E-state index in [1.807, 2.05) is 5.38 Å². The Morgan fingerprint density at radius 1 is 1.55 bits per heavy atom. The zero-order valence-electron chi connectivity index (χ0n) is 11.8. The molecule has 0 spiro atoms. The highest BCUT2D eigenvalue weighted by atomic mass is 35.5. The van der Waals surface area contributed by atoms with Crippen LogP contribution in [0.5, 0.6) is 0 Å². The number of nitrogens with zero attached hydrogens (tertiary/aromatic N) is 1. The molecule has 1 atom stereocenters. The van der Waals surface area contributed by atoms with Crippen LogP contribution >= 0.6 is 36.2 Å². The van der Waals surface area contributed by atoms with Crippen LogP contribution in [-0.4, -0.2) is 30.5 Å². The minimum Gasteiger partial charge on any atom is -0.351 e. The van der Waals surface area contributed by atoms with Crippen molar-refractivity contribution in [2.24, 2.45) is 5.92 Å². The number of carbonyl (C=O) groups is 1. The van der Waals surface area contributed by atoms with Crippen molar-refractivity contribution in [3.05, 3.63) is 16.1 Å². The molecule has 4 nitrogen and oxygen atoms in total. The van der Waals surface area contributed by atoms with Gasteiger partial charge >= 0.3 is 0 Å². The van der Waals surface area contributed by atoms with Gasteiger partial charge in [-0.2, -0.15) is 0 Å². The first kappa shape index (κ1) is 19.6. The molecule has 116 valence electrons. The Morgan fingerprint density at radius 3 is 2.85 bits per heavy atom. The highest BCUT2D eigenvalue weighted by Crippen LogP contribution is 2.19. The first-order chi connectivity index (χ1) is 8.66. The van der Waals surface area contributed by atoms with Gasteiger partial charge in [-0.3, -0.25) is 4.79 Å². The van der Waals surface area contributed by atoms with Crippen molar-refractivity contribution in [3.8, 4) is 0 Å². The maximum absolute atomic E-state index is 11.9. The van der Waals surface area contributed by atoms with E-state index in [-0.39, 0.29) is 30.7 Å². The molecule has 20 heavy (non-hydrogen) atoms. The molecule has 2 rings (SSSR count). The second-order valence-corrected chi connectivity index (χ2v) is 6.02. The lowest BCUT2D eigenvalue weighted by Gasteiger charge is -2.08. The van der Waals surface area contributed by atoms with E-state index in [0.717, 1.165) is 31.1 Å². The van der Waals surface area contributed by atoms with Gasteiger partial charge in [0, 0.05) is 17.8 Å². The highest BCUT2D eigenvalue weighted by Gasteiger charge is 2.15. The van der Waals surface area contributed by atoms with Crippen LogP contribution in [0.25, 0.3) is 0 Å². The number of rotatable bonds is 5. The molecule has 1 aromatic rings. The summed E-state index contributed by atoms with van der Waals surface area (Å²) >= 11 is 1.56. The van der Waals surface area contributed by atoms with Crippen LogP contribution in [0.3, 0.4) is 0 Å². The molecule has 2 N–H and O–H groups in total. The number of thiazole rings is 1. The summed E-state index contributed by atoms with van der Waals surface area (Å²) in [6.07, 6.45) is 2.28. The number of aromatic nitrogens is 1. The number of hydrogen-bond donors (Lipinski definition) is 2. The van der Waals surface area contributed by atoms with Gasteiger partial charge in [0.2, 0.25) is 0 Å². The molecule has 1 aromatic heterocycles. The van der Waals surface area contributed by atoms with Gasteiger partial charge < -0.3 is 10.6 Å². The van der Waals surface area contributed by atoms with Gasteiger partial charge in [0.15, 0.2) is 0 Å². The van der Waals surface area contributed by atoms with Gasteiger partial charge in [-0.15, -0.1) is 36.2 Å². The minimum absolute atomic E-state index is 0. The fourth-order valence-corrected chi connectivity index (χ4v) is 2.91. The van der Waals surface area contributed by atoms with Crippen LogP contribution in [0, 0.1) is 5.92 Å². The van der Waals surface area contributed by atoms with Crippen molar-refractivity contribution in [3.63, 3.8) is 0 Å². The lowest BCUT2D eigenvalue weighted by Crippen LogP contribution is -2.26. The molecule has 1 aliphatic rings. The quantitative estimate of drug-likeness (QED) is 0.867. The van der Waals surface area contributed by atoms with E-state index in [1.54, 1.807) is 11.3 Å². The molecule has 0 saturated carbocycles. The van der Waals surface area contributed by atoms with Crippen molar-refractivity contribution < 1.29 is 4.79 Å². The summed E-state index contributed by atoms with van der Waals surface area (Å²) in [5.74, 6) is 1.07. The number of nitrogens with one attached hydrogen (secondary N) is 2. The van der Waals surface area contributed by atoms with Crippen molar-refractivity contribution in [2.45, 2.75) is 32.6 Å². The Kier molecular flexibility index (Phi) is 9.38. The van der Waals surface area contributed by atoms with Crippen molar-refractivity contribution in [1.29, 1.82) is 0 Å². The summed E-state index contributed by atoms with van der Waals surface area (Å²) in [6, 6.07) is 0. The zero-order chi connectivity index (χ0) is 13.0. The second kappa shape index (κ2) is 9.55. The summed E-state index contributed by atoms with van der Waals surface area (Å²) in [5, 5.41) is 9.17. The van der Waals surface area contributed by atoms with Crippen LogP contribution in [-0.2, 0) is 0 Å². The maximum atomic E-state index is 11.9. The lowest BCUT2D eigenvalue weighted by molar-refractivity contribution is 0.0947. The van der Waals surface area contributed by atoms with Crippen molar-refractivity contribution in [2.75, 3.05) is 19.6 Å². The van der Waals surface area contributed by atoms with Gasteiger partial charge in [-0.05, 0) is 31.8 Å². The molecular weight excluding hydrogens is 317 g/mol. The summed E-state index contributed by atoms with van der Waals surface area (Å²) < 4.78 is 0. The SMILES string of the molecule is CC(C)c1nc(C(=O)NCCC2CCNC2)cs1.Cl.Cl. The molecular formula is C13H23Cl2N3OS. The average Bonchev–Trinajstić information content (AvgIpc) is 2.99. The summed E-state index contributed by atoms with van der Waals surface area (Å²) in [5.41, 5.74) is 0.563. The number of hydrogen-bond acceptors (Lipinski definition) is 4. The molecule has 1 saturated heterocycles. The van der Waals surface area contributed by atoms with Crippen molar-refractivity contribution >= 4 is 42.1 Å². The maximum Gasteiger partial charge on any atom is 0.270 e. The number of carbonyl (C=O) groups excluding carboxylic acids is 1. The average molecular weight is 340 g/mol. The van der Waals surface area contributed by atoms with Crippen LogP contribution in [0.15, 0.2) is 5.38 Å². The molecule has 0 aromatic carbocycles. The molecule has 7 heteroatoms. The van der Waals surface area contributed by atoms with E-state index in [9.17, 15) is 4.79 Å². The summed E-state index contributed by atoms with van der Waals surface area (Å²) in [7, 11) is 0. The first-order valence-corrected chi connectivity index (χ1v) is 7.49. The number of halogens is 2. The molecule has 1 amide bonds. The monoisotopic (exact) mass is 339 g/mol. The smallest absolute Gasteiger partial charge is 0.270 e. The van der Waals surface area contributed by atoms with Gasteiger partial charge in [0.05, 0.1) is 5.01 Å². The fourth-order valence-electron chi connectivity index (χ4n) is 2.10. The number of amides is 1. The Bertz CT molecular complexity index is 406. The standard InChI is InChI=1S/C13H21N3OS.2ClH/c1-9(2)13-16-11(8-18-13)12(17)15-6-4-10-3-5-14-7-10;;/h8-10,14H,3-7H2,1-2H3,(H,15,17);2*1H. The van der Waals surface area contributed by atoms with E-state index in [2.05, 4.69) is 29.5 Å². The van der Waals surface area contributed by atoms with E-state index in [0.29, 0.717) is 17.5 Å². The molecule has 1 aliphatic heterocycles. The van der Waals surface area contributed by atoms with Gasteiger partial charge in [0.25, 0.3) is 5.91 Å². The van der Waals surface area contributed by atoms with E-state index in [4.69, 9.17) is 0 Å². The molecule has 0 radical (unpaired) electrons. The van der Waals surface area contributed by atoms with E-state index < -0.39 is 0 Å². The van der Waals surface area contributed by atoms with Gasteiger partial charge in [-0.1, -0.05) is 13.8 Å². The lowest BCUT2D eigenvalue weighted by atomic mass is 10.1. The molecule has 1 fully saturated rings. The topological polar surface area (TPSA) is 54.0 Å². The molecule has 2 heterocycles. The Balaban J connectivity index is 0.00000180. The van der Waals surface area contributed by atoms with Crippen LogP contribution in [0.1, 0.15) is 48.1 Å². The zero-order valence-corrected chi connectivity index (χ0v) is 14.3. The highest BCUT2D eigenvalue weighted by molar-refractivity contribution is 7.09. The Morgan fingerprint density at radius 2 is 2.30 bits per heavy atom. The third-order valence-electron chi connectivity index (χ3n) is 3.25. The second-order valence-electron chi connectivity index (χ2n) is 5.13. The minimum atomic E-state index is -0.0379. The van der Waals surface area contributed by atoms with E-state index >= 15 is 0 Å². The molecule has 0 bridgehead atoms. The predicted octanol–water partition coefficient (Wildman–Crippen LogP) is 2.84. The first-order valence-electron chi connectivity index (χ1n) is 6.61. The third-order valence-corrected chi connectivity index (χ3v) is 4.39.